The first-order valence-electron chi connectivity index (χ1n) is 6.23. The van der Waals surface area contributed by atoms with Crippen molar-refractivity contribution in [3.63, 3.8) is 0 Å². The summed E-state index contributed by atoms with van der Waals surface area (Å²) in [6.45, 7) is 3.96. The molecule has 0 radical (unpaired) electrons. The summed E-state index contributed by atoms with van der Waals surface area (Å²) in [5, 5.41) is 0. The molecule has 0 aliphatic carbocycles. The van der Waals surface area contributed by atoms with E-state index in [9.17, 15) is 13.2 Å². The van der Waals surface area contributed by atoms with Crippen LogP contribution in [0.1, 0.15) is 26.2 Å². The van der Waals surface area contributed by atoms with Crippen molar-refractivity contribution in [2.75, 3.05) is 40.8 Å². The van der Waals surface area contributed by atoms with E-state index < -0.39 is 12.6 Å². The normalized spacial score (nSPS) is 16.3. The van der Waals surface area contributed by atoms with Crippen molar-refractivity contribution in [3.8, 4) is 0 Å². The van der Waals surface area contributed by atoms with E-state index in [1.807, 2.05) is 33.0 Å². The highest BCUT2D eigenvalue weighted by Gasteiger charge is 2.31. The second kappa shape index (κ2) is 7.31. The van der Waals surface area contributed by atoms with Crippen LogP contribution in [0.25, 0.3) is 0 Å². The van der Waals surface area contributed by atoms with Gasteiger partial charge in [0.05, 0.1) is 0 Å². The van der Waals surface area contributed by atoms with E-state index in [2.05, 4.69) is 4.90 Å². The first kappa shape index (κ1) is 17.7. The molecule has 0 aromatic rings. The molecule has 0 fully saturated rings. The van der Waals surface area contributed by atoms with E-state index in [-0.39, 0.29) is 12.0 Å². The molecule has 0 aromatic heterocycles. The Balaban J connectivity index is 4.23. The van der Waals surface area contributed by atoms with E-state index in [0.29, 0.717) is 13.0 Å². The van der Waals surface area contributed by atoms with Gasteiger partial charge in [-0.15, -0.1) is 0 Å². The Bertz CT molecular complexity index is 231. The first-order chi connectivity index (χ1) is 8.10. The van der Waals surface area contributed by atoms with E-state index in [4.69, 9.17) is 5.73 Å². The van der Waals surface area contributed by atoms with Gasteiger partial charge in [-0.25, -0.2) is 0 Å². The van der Waals surface area contributed by atoms with Crippen LogP contribution in [0.15, 0.2) is 0 Å². The quantitative estimate of drug-likeness (QED) is 0.731. The molecule has 2 N–H and O–H groups in total. The van der Waals surface area contributed by atoms with Crippen LogP contribution in [-0.2, 0) is 0 Å². The molecule has 0 bridgehead atoms. The third kappa shape index (κ3) is 7.18. The average Bonchev–Trinajstić information content (AvgIpc) is 2.23. The van der Waals surface area contributed by atoms with Crippen LogP contribution < -0.4 is 5.73 Å². The number of rotatable bonds is 8. The number of halogens is 3. The summed E-state index contributed by atoms with van der Waals surface area (Å²) in [4.78, 5) is 4.10. The molecule has 0 saturated carbocycles. The van der Waals surface area contributed by atoms with Crippen molar-refractivity contribution in [1.82, 2.24) is 9.80 Å². The Morgan fingerprint density at radius 3 is 1.94 bits per heavy atom. The lowest BCUT2D eigenvalue weighted by Gasteiger charge is -2.39. The van der Waals surface area contributed by atoms with Crippen LogP contribution in [0.3, 0.4) is 0 Å². The smallest absolute Gasteiger partial charge is 0.329 e. The van der Waals surface area contributed by atoms with Crippen molar-refractivity contribution in [3.05, 3.63) is 0 Å². The summed E-state index contributed by atoms with van der Waals surface area (Å²) in [6, 6.07) is 0. The minimum atomic E-state index is -4.07. The van der Waals surface area contributed by atoms with Crippen LogP contribution >= 0.6 is 0 Å². The lowest BCUT2D eigenvalue weighted by molar-refractivity contribution is -0.136. The zero-order valence-electron chi connectivity index (χ0n) is 11.8. The van der Waals surface area contributed by atoms with Crippen molar-refractivity contribution in [2.24, 2.45) is 5.73 Å². The summed E-state index contributed by atoms with van der Waals surface area (Å²) >= 11 is 0. The van der Waals surface area contributed by atoms with Gasteiger partial charge in [-0.05, 0) is 40.9 Å². The SMILES string of the molecule is CN(C)CCN(C)C(C)(CN)CCCC(F)(F)F. The van der Waals surface area contributed by atoms with Crippen molar-refractivity contribution >= 4 is 0 Å². The third-order valence-corrected chi connectivity index (χ3v) is 3.42. The van der Waals surface area contributed by atoms with Gasteiger partial charge in [0.2, 0.25) is 0 Å². The monoisotopic (exact) mass is 269 g/mol. The van der Waals surface area contributed by atoms with Gasteiger partial charge in [0.1, 0.15) is 0 Å². The molecule has 0 aromatic carbocycles. The maximum atomic E-state index is 12.1. The van der Waals surface area contributed by atoms with Crippen LogP contribution in [-0.4, -0.2) is 62.3 Å². The molecule has 0 aliphatic heterocycles. The molecule has 0 aliphatic rings. The second-order valence-corrected chi connectivity index (χ2v) is 5.39. The van der Waals surface area contributed by atoms with Gasteiger partial charge in [0.25, 0.3) is 0 Å². The molecule has 0 heterocycles. The highest BCUT2D eigenvalue weighted by atomic mass is 19.4. The lowest BCUT2D eigenvalue weighted by Crippen LogP contribution is -2.51. The Morgan fingerprint density at radius 2 is 1.56 bits per heavy atom. The fraction of sp³-hybridized carbons (Fsp3) is 1.00. The third-order valence-electron chi connectivity index (χ3n) is 3.42. The lowest BCUT2D eigenvalue weighted by atomic mass is 9.93. The Hall–Kier alpha value is -0.330. The van der Waals surface area contributed by atoms with E-state index in [1.54, 1.807) is 0 Å². The van der Waals surface area contributed by atoms with Crippen LogP contribution in [0, 0.1) is 0 Å². The van der Waals surface area contributed by atoms with E-state index in [1.165, 1.54) is 0 Å². The Kier molecular flexibility index (Phi) is 7.17. The number of hydrogen-bond donors (Lipinski definition) is 1. The maximum absolute atomic E-state index is 12.1. The minimum absolute atomic E-state index is 0.128. The summed E-state index contributed by atoms with van der Waals surface area (Å²) in [6.07, 6.45) is -4.21. The van der Waals surface area contributed by atoms with Crippen molar-refractivity contribution < 1.29 is 13.2 Å². The minimum Gasteiger partial charge on any atom is -0.329 e. The standard InChI is InChI=1S/C12H26F3N3/c1-11(10-16,6-5-7-12(13,14)15)18(4)9-8-17(2)3/h5-10,16H2,1-4H3. The molecule has 0 saturated heterocycles. The van der Waals surface area contributed by atoms with Gasteiger partial charge >= 0.3 is 6.18 Å². The van der Waals surface area contributed by atoms with Crippen molar-refractivity contribution in [1.29, 1.82) is 0 Å². The van der Waals surface area contributed by atoms with Crippen LogP contribution in [0.2, 0.25) is 0 Å². The molecular formula is C12H26F3N3. The van der Waals surface area contributed by atoms with E-state index in [0.717, 1.165) is 13.1 Å². The fourth-order valence-electron chi connectivity index (χ4n) is 1.74. The summed E-state index contributed by atoms with van der Waals surface area (Å²) in [5.74, 6) is 0. The van der Waals surface area contributed by atoms with Gasteiger partial charge in [-0.1, -0.05) is 0 Å². The zero-order valence-corrected chi connectivity index (χ0v) is 11.8. The maximum Gasteiger partial charge on any atom is 0.389 e. The number of likely N-dealkylation sites (N-methyl/N-ethyl adjacent to an activating group) is 2. The molecule has 0 amide bonds. The topological polar surface area (TPSA) is 32.5 Å². The highest BCUT2D eigenvalue weighted by molar-refractivity contribution is 4.86. The summed E-state index contributed by atoms with van der Waals surface area (Å²) < 4.78 is 36.4. The molecule has 18 heavy (non-hydrogen) atoms. The van der Waals surface area contributed by atoms with Gasteiger partial charge < -0.3 is 10.6 Å². The molecule has 0 rings (SSSR count). The zero-order chi connectivity index (χ0) is 14.4. The van der Waals surface area contributed by atoms with Gasteiger partial charge in [0, 0.05) is 31.6 Å². The van der Waals surface area contributed by atoms with Crippen molar-refractivity contribution in [2.45, 2.75) is 37.9 Å². The number of hydrogen-bond acceptors (Lipinski definition) is 3. The average molecular weight is 269 g/mol. The summed E-state index contributed by atoms with van der Waals surface area (Å²) in [5.41, 5.74) is 5.37. The number of nitrogens with zero attached hydrogens (tertiary/aromatic N) is 2. The molecule has 3 nitrogen and oxygen atoms in total. The second-order valence-electron chi connectivity index (χ2n) is 5.39. The first-order valence-corrected chi connectivity index (χ1v) is 6.23. The number of alkyl halides is 3. The van der Waals surface area contributed by atoms with Gasteiger partial charge in [0.15, 0.2) is 0 Å². The molecule has 1 unspecified atom stereocenters. The number of nitrogens with two attached hydrogens (primary N) is 1. The van der Waals surface area contributed by atoms with Gasteiger partial charge in [-0.3, -0.25) is 4.90 Å². The molecule has 110 valence electrons. The summed E-state index contributed by atoms with van der Waals surface area (Å²) in [7, 11) is 5.86. The largest absolute Gasteiger partial charge is 0.389 e. The Morgan fingerprint density at radius 1 is 1.00 bits per heavy atom. The Labute approximate surface area is 108 Å². The molecular weight excluding hydrogens is 243 g/mol. The van der Waals surface area contributed by atoms with E-state index >= 15 is 0 Å². The highest BCUT2D eigenvalue weighted by Crippen LogP contribution is 2.26. The van der Waals surface area contributed by atoms with Crippen LogP contribution in [0.5, 0.6) is 0 Å². The van der Waals surface area contributed by atoms with Gasteiger partial charge in [-0.2, -0.15) is 13.2 Å². The van der Waals surface area contributed by atoms with Crippen LogP contribution in [0.4, 0.5) is 13.2 Å². The predicted octanol–water partition coefficient (Wildman–Crippen LogP) is 1.93. The fourth-order valence-corrected chi connectivity index (χ4v) is 1.74. The molecule has 1 atom stereocenters. The molecule has 0 spiro atoms. The predicted molar refractivity (Wildman–Crippen MR) is 68.5 cm³/mol. The molecule has 6 heteroatoms.